The highest BCUT2D eigenvalue weighted by molar-refractivity contribution is 5.93. The summed E-state index contributed by atoms with van der Waals surface area (Å²) in [5.74, 6) is 4.76. The predicted octanol–water partition coefficient (Wildman–Crippen LogP) is 1.08. The molecule has 3 N–H and O–H groups in total. The number of carbonyl (C=O) groups excluding carboxylic acids is 1. The average Bonchev–Trinajstić information content (AvgIpc) is 3.18. The Hall–Kier alpha value is -2.34. The van der Waals surface area contributed by atoms with E-state index in [-0.39, 0.29) is 5.91 Å². The van der Waals surface area contributed by atoms with Crippen LogP contribution in [0.1, 0.15) is 23.2 Å². The van der Waals surface area contributed by atoms with Crippen LogP contribution in [0, 0.1) is 0 Å². The second kappa shape index (κ2) is 5.34. The van der Waals surface area contributed by atoms with Crippen LogP contribution in [0.3, 0.4) is 0 Å². The maximum atomic E-state index is 11.4. The molecular weight excluding hydrogens is 254 g/mol. The van der Waals surface area contributed by atoms with Gasteiger partial charge in [0.1, 0.15) is 0 Å². The number of nitrogen functional groups attached to an aromatic ring is 1. The summed E-state index contributed by atoms with van der Waals surface area (Å²) in [6, 6.07) is 8.19. The second-order valence-electron chi connectivity index (χ2n) is 4.86. The quantitative estimate of drug-likeness (QED) is 0.497. The first kappa shape index (κ1) is 12.7. The molecule has 1 aromatic heterocycles. The number of amides is 1. The smallest absolute Gasteiger partial charge is 0.268 e. The van der Waals surface area contributed by atoms with Gasteiger partial charge in [-0.2, -0.15) is 5.10 Å². The van der Waals surface area contributed by atoms with Crippen LogP contribution in [0.25, 0.3) is 5.69 Å². The lowest BCUT2D eigenvalue weighted by molar-refractivity contribution is 0.0953. The molecule has 0 atom stereocenters. The van der Waals surface area contributed by atoms with Gasteiger partial charge in [-0.1, -0.05) is 0 Å². The number of nitrogens with one attached hydrogen (secondary N) is 1. The number of hydrazine groups is 1. The minimum absolute atomic E-state index is 0.343. The summed E-state index contributed by atoms with van der Waals surface area (Å²) in [6.07, 6.45) is 5.68. The number of nitrogens with zero attached hydrogens (tertiary/aromatic N) is 3. The summed E-state index contributed by atoms with van der Waals surface area (Å²) in [4.78, 5) is 13.8. The number of hydrogen-bond acceptors (Lipinski definition) is 4. The van der Waals surface area contributed by atoms with Crippen LogP contribution in [0.2, 0.25) is 0 Å². The first-order valence-electron chi connectivity index (χ1n) is 6.69. The summed E-state index contributed by atoms with van der Waals surface area (Å²) in [5.41, 5.74) is 4.69. The molecule has 0 saturated carbocycles. The van der Waals surface area contributed by atoms with Crippen LogP contribution in [0.15, 0.2) is 36.7 Å². The van der Waals surface area contributed by atoms with Crippen molar-refractivity contribution in [3.8, 4) is 5.69 Å². The molecule has 0 aliphatic carbocycles. The molecule has 20 heavy (non-hydrogen) atoms. The molecular formula is C14H17N5O. The highest BCUT2D eigenvalue weighted by Crippen LogP contribution is 2.21. The zero-order chi connectivity index (χ0) is 13.9. The maximum absolute atomic E-state index is 11.4. The van der Waals surface area contributed by atoms with Crippen molar-refractivity contribution >= 4 is 11.6 Å². The molecule has 1 saturated heterocycles. The van der Waals surface area contributed by atoms with Gasteiger partial charge in [-0.15, -0.1) is 0 Å². The van der Waals surface area contributed by atoms with Crippen molar-refractivity contribution in [3.05, 3.63) is 42.2 Å². The van der Waals surface area contributed by atoms with Gasteiger partial charge in [0.05, 0.1) is 17.4 Å². The third kappa shape index (κ3) is 2.37. The topological polar surface area (TPSA) is 76.2 Å². The van der Waals surface area contributed by atoms with E-state index in [0.29, 0.717) is 5.56 Å². The Kier molecular flexibility index (Phi) is 3.39. The largest absolute Gasteiger partial charge is 0.372 e. The number of aromatic nitrogens is 2. The number of carbonyl (C=O) groups is 1. The van der Waals surface area contributed by atoms with Crippen molar-refractivity contribution in [2.24, 2.45) is 5.84 Å². The van der Waals surface area contributed by atoms with Crippen LogP contribution in [0.5, 0.6) is 0 Å². The fourth-order valence-electron chi connectivity index (χ4n) is 2.46. The fourth-order valence-corrected chi connectivity index (χ4v) is 2.46. The highest BCUT2D eigenvalue weighted by Gasteiger charge is 2.12. The molecule has 1 aromatic carbocycles. The summed E-state index contributed by atoms with van der Waals surface area (Å²) >= 11 is 0. The molecule has 2 aromatic rings. The Morgan fingerprint density at radius 2 is 1.80 bits per heavy atom. The summed E-state index contributed by atoms with van der Waals surface area (Å²) < 4.78 is 1.67. The molecule has 0 unspecified atom stereocenters. The first-order valence-corrected chi connectivity index (χ1v) is 6.69. The third-order valence-corrected chi connectivity index (χ3v) is 3.56. The zero-order valence-electron chi connectivity index (χ0n) is 11.1. The first-order chi connectivity index (χ1) is 9.78. The number of benzene rings is 1. The molecule has 1 aliphatic heterocycles. The van der Waals surface area contributed by atoms with Gasteiger partial charge in [0.25, 0.3) is 5.91 Å². The number of nitrogens with two attached hydrogens (primary N) is 1. The lowest BCUT2D eigenvalue weighted by atomic mass is 10.2. The van der Waals surface area contributed by atoms with Crippen LogP contribution in [-0.4, -0.2) is 28.8 Å². The summed E-state index contributed by atoms with van der Waals surface area (Å²) in [5, 5.41) is 4.17. The molecule has 1 amide bonds. The van der Waals surface area contributed by atoms with Crippen LogP contribution in [0.4, 0.5) is 5.69 Å². The van der Waals surface area contributed by atoms with Crippen LogP contribution >= 0.6 is 0 Å². The van der Waals surface area contributed by atoms with Gasteiger partial charge in [-0.3, -0.25) is 10.2 Å². The Morgan fingerprint density at radius 1 is 1.15 bits per heavy atom. The predicted molar refractivity (Wildman–Crippen MR) is 76.7 cm³/mol. The van der Waals surface area contributed by atoms with E-state index in [9.17, 15) is 4.79 Å². The Balaban J connectivity index is 1.80. The van der Waals surface area contributed by atoms with E-state index < -0.39 is 0 Å². The Bertz CT molecular complexity index is 598. The Labute approximate surface area is 117 Å². The van der Waals surface area contributed by atoms with E-state index in [4.69, 9.17) is 5.84 Å². The van der Waals surface area contributed by atoms with Gasteiger partial charge < -0.3 is 4.90 Å². The summed E-state index contributed by atoms with van der Waals surface area (Å²) in [6.45, 7) is 2.25. The van der Waals surface area contributed by atoms with Gasteiger partial charge in [0.2, 0.25) is 0 Å². The minimum Gasteiger partial charge on any atom is -0.372 e. The van der Waals surface area contributed by atoms with Crippen molar-refractivity contribution in [2.45, 2.75) is 12.8 Å². The highest BCUT2D eigenvalue weighted by atomic mass is 16.2. The zero-order valence-corrected chi connectivity index (χ0v) is 11.1. The monoisotopic (exact) mass is 271 g/mol. The van der Waals surface area contributed by atoms with E-state index in [1.807, 2.05) is 12.1 Å². The van der Waals surface area contributed by atoms with Crippen molar-refractivity contribution in [2.75, 3.05) is 18.0 Å². The molecule has 0 radical (unpaired) electrons. The molecule has 1 aliphatic rings. The number of rotatable bonds is 3. The van der Waals surface area contributed by atoms with E-state index in [1.54, 1.807) is 10.9 Å². The van der Waals surface area contributed by atoms with E-state index in [1.165, 1.54) is 24.7 Å². The van der Waals surface area contributed by atoms with Crippen molar-refractivity contribution in [1.29, 1.82) is 0 Å². The molecule has 6 heteroatoms. The van der Waals surface area contributed by atoms with Gasteiger partial charge in [-0.25, -0.2) is 10.5 Å². The fraction of sp³-hybridized carbons (Fsp3) is 0.286. The van der Waals surface area contributed by atoms with Crippen molar-refractivity contribution in [1.82, 2.24) is 15.2 Å². The van der Waals surface area contributed by atoms with E-state index >= 15 is 0 Å². The average molecular weight is 271 g/mol. The minimum atomic E-state index is -0.343. The van der Waals surface area contributed by atoms with Crippen LogP contribution in [-0.2, 0) is 0 Å². The van der Waals surface area contributed by atoms with Gasteiger partial charge >= 0.3 is 0 Å². The summed E-state index contributed by atoms with van der Waals surface area (Å²) in [7, 11) is 0. The number of hydrogen-bond donors (Lipinski definition) is 2. The van der Waals surface area contributed by atoms with Gasteiger partial charge in [0.15, 0.2) is 0 Å². The number of anilines is 1. The SMILES string of the molecule is NNC(=O)c1cnn(-c2ccc(N3CCCC3)cc2)c1. The molecule has 0 bridgehead atoms. The lowest BCUT2D eigenvalue weighted by Crippen LogP contribution is -2.29. The third-order valence-electron chi connectivity index (χ3n) is 3.56. The van der Waals surface area contributed by atoms with Crippen LogP contribution < -0.4 is 16.2 Å². The normalized spacial score (nSPS) is 14.6. The molecule has 0 spiro atoms. The standard InChI is InChI=1S/C14H17N5O/c15-17-14(20)11-9-16-19(10-11)13-5-3-12(4-6-13)18-7-1-2-8-18/h3-6,9-10H,1-2,7-8,15H2,(H,17,20). The van der Waals surface area contributed by atoms with Gasteiger partial charge in [-0.05, 0) is 37.1 Å². The van der Waals surface area contributed by atoms with E-state index in [2.05, 4.69) is 27.6 Å². The van der Waals surface area contributed by atoms with Gasteiger partial charge in [0, 0.05) is 25.0 Å². The molecule has 1 fully saturated rings. The molecule has 6 nitrogen and oxygen atoms in total. The second-order valence-corrected chi connectivity index (χ2v) is 4.86. The Morgan fingerprint density at radius 3 is 2.45 bits per heavy atom. The molecule has 3 rings (SSSR count). The maximum Gasteiger partial charge on any atom is 0.268 e. The molecule has 2 heterocycles. The van der Waals surface area contributed by atoms with Crippen molar-refractivity contribution in [3.63, 3.8) is 0 Å². The molecule has 104 valence electrons. The van der Waals surface area contributed by atoms with E-state index in [0.717, 1.165) is 18.8 Å². The van der Waals surface area contributed by atoms with Crippen molar-refractivity contribution < 1.29 is 4.79 Å². The lowest BCUT2D eigenvalue weighted by Gasteiger charge is -2.17.